The lowest BCUT2D eigenvalue weighted by atomic mass is 9.83. The Morgan fingerprint density at radius 3 is 2.50 bits per heavy atom. The molecule has 0 radical (unpaired) electrons. The van der Waals surface area contributed by atoms with Crippen molar-refractivity contribution in [2.75, 3.05) is 13.2 Å². The fraction of sp³-hybridized carbons (Fsp3) is 0.579. The van der Waals surface area contributed by atoms with E-state index in [1.54, 1.807) is 25.7 Å². The molecule has 1 aromatic carbocycles. The van der Waals surface area contributed by atoms with E-state index in [9.17, 15) is 14.7 Å². The largest absolute Gasteiger partial charge is 0.459 e. The molecule has 0 aliphatic carbocycles. The minimum atomic E-state index is -0.970. The second-order valence-electron chi connectivity index (χ2n) is 7.54. The van der Waals surface area contributed by atoms with E-state index >= 15 is 0 Å². The van der Waals surface area contributed by atoms with E-state index in [0.29, 0.717) is 0 Å². The fourth-order valence-corrected chi connectivity index (χ4v) is 3.13. The number of carbonyl (C=O) groups excluding carboxylic acids is 2. The minimum Gasteiger partial charge on any atom is -0.459 e. The molecule has 0 unspecified atom stereocenters. The van der Waals surface area contributed by atoms with Gasteiger partial charge in [-0.3, -0.25) is 9.59 Å². The second-order valence-corrected chi connectivity index (χ2v) is 7.54. The highest BCUT2D eigenvalue weighted by molar-refractivity contribution is 5.90. The van der Waals surface area contributed by atoms with Crippen molar-refractivity contribution in [1.82, 2.24) is 4.90 Å². The Hall–Kier alpha value is -1.88. The molecule has 132 valence electrons. The molecule has 0 saturated carbocycles. The second kappa shape index (κ2) is 6.93. The molecule has 2 atom stereocenters. The van der Waals surface area contributed by atoms with Crippen LogP contribution in [-0.2, 0) is 14.3 Å². The molecule has 1 N–H and O–H groups in total. The standard InChI is InChI=1S/C19H27NO4/c1-14(15-8-6-5-7-9-15)20-13-19(10-11-21,12-16(20)22)17(23)24-18(2,3)4/h5-9,14,21H,10-13H2,1-4H3/t14-,19+/m1/s1. The number of aliphatic hydroxyl groups excluding tert-OH is 1. The molecule has 0 aromatic heterocycles. The predicted molar refractivity (Wildman–Crippen MR) is 91.2 cm³/mol. The summed E-state index contributed by atoms with van der Waals surface area (Å²) in [4.78, 5) is 27.0. The average Bonchev–Trinajstić information content (AvgIpc) is 2.84. The van der Waals surface area contributed by atoms with Crippen LogP contribution in [0.1, 0.15) is 52.1 Å². The first-order valence-electron chi connectivity index (χ1n) is 8.37. The highest BCUT2D eigenvalue weighted by atomic mass is 16.6. The van der Waals surface area contributed by atoms with Crippen LogP contribution in [0.2, 0.25) is 0 Å². The maximum Gasteiger partial charge on any atom is 0.315 e. The lowest BCUT2D eigenvalue weighted by molar-refractivity contribution is -0.168. The third-order valence-corrected chi connectivity index (χ3v) is 4.45. The van der Waals surface area contributed by atoms with Crippen LogP contribution in [0, 0.1) is 5.41 Å². The quantitative estimate of drug-likeness (QED) is 0.841. The molecule has 1 aliphatic heterocycles. The molecule has 5 heteroatoms. The van der Waals surface area contributed by atoms with Crippen LogP contribution in [0.4, 0.5) is 0 Å². The van der Waals surface area contributed by atoms with Crippen molar-refractivity contribution in [2.24, 2.45) is 5.41 Å². The number of rotatable bonds is 5. The van der Waals surface area contributed by atoms with Gasteiger partial charge in [0, 0.05) is 19.6 Å². The molecule has 5 nitrogen and oxygen atoms in total. The zero-order chi connectivity index (χ0) is 18.0. The van der Waals surface area contributed by atoms with Gasteiger partial charge in [-0.05, 0) is 39.7 Å². The Morgan fingerprint density at radius 1 is 1.33 bits per heavy atom. The van der Waals surface area contributed by atoms with Crippen molar-refractivity contribution >= 4 is 11.9 Å². The van der Waals surface area contributed by atoms with Crippen LogP contribution in [0.15, 0.2) is 30.3 Å². The van der Waals surface area contributed by atoms with Gasteiger partial charge >= 0.3 is 5.97 Å². The SMILES string of the molecule is C[C@H](c1ccccc1)N1C[C@@](CCO)(C(=O)OC(C)(C)C)CC1=O. The molecule has 1 heterocycles. The van der Waals surface area contributed by atoms with E-state index in [4.69, 9.17) is 4.74 Å². The van der Waals surface area contributed by atoms with Crippen LogP contribution >= 0.6 is 0 Å². The molecular weight excluding hydrogens is 306 g/mol. The predicted octanol–water partition coefficient (Wildman–Crippen LogP) is 2.69. The van der Waals surface area contributed by atoms with Gasteiger partial charge in [-0.1, -0.05) is 30.3 Å². The highest BCUT2D eigenvalue weighted by Gasteiger charge is 2.51. The molecule has 0 spiro atoms. The lowest BCUT2D eigenvalue weighted by Crippen LogP contribution is -2.41. The van der Waals surface area contributed by atoms with E-state index in [2.05, 4.69) is 0 Å². The number of aliphatic hydroxyl groups is 1. The third-order valence-electron chi connectivity index (χ3n) is 4.45. The molecule has 24 heavy (non-hydrogen) atoms. The number of benzene rings is 1. The molecule has 1 amide bonds. The number of esters is 1. The summed E-state index contributed by atoms with van der Waals surface area (Å²) in [7, 11) is 0. The molecule has 1 aliphatic rings. The van der Waals surface area contributed by atoms with Gasteiger partial charge in [0.2, 0.25) is 5.91 Å². The number of hydrogen-bond acceptors (Lipinski definition) is 4. The van der Waals surface area contributed by atoms with E-state index in [1.807, 2.05) is 37.3 Å². The van der Waals surface area contributed by atoms with Crippen molar-refractivity contribution in [3.63, 3.8) is 0 Å². The monoisotopic (exact) mass is 333 g/mol. The Bertz CT molecular complexity index is 593. The first-order valence-corrected chi connectivity index (χ1v) is 8.37. The van der Waals surface area contributed by atoms with Gasteiger partial charge in [-0.25, -0.2) is 0 Å². The average molecular weight is 333 g/mol. The zero-order valence-corrected chi connectivity index (χ0v) is 14.9. The first-order chi connectivity index (χ1) is 11.2. The van der Waals surface area contributed by atoms with Gasteiger partial charge in [0.05, 0.1) is 11.5 Å². The molecule has 1 aromatic rings. The summed E-state index contributed by atoms with van der Waals surface area (Å²) in [6, 6.07) is 9.61. The first kappa shape index (κ1) is 18.5. The number of amides is 1. The maximum absolute atomic E-state index is 12.7. The Morgan fingerprint density at radius 2 is 1.96 bits per heavy atom. The topological polar surface area (TPSA) is 66.8 Å². The Labute approximate surface area is 143 Å². The van der Waals surface area contributed by atoms with Crippen LogP contribution in [0.3, 0.4) is 0 Å². The van der Waals surface area contributed by atoms with E-state index < -0.39 is 17.0 Å². The van der Waals surface area contributed by atoms with E-state index in [0.717, 1.165) is 5.56 Å². The fourth-order valence-electron chi connectivity index (χ4n) is 3.13. The van der Waals surface area contributed by atoms with Crippen LogP contribution in [-0.4, -0.2) is 40.6 Å². The van der Waals surface area contributed by atoms with Gasteiger partial charge in [0.25, 0.3) is 0 Å². The van der Waals surface area contributed by atoms with Gasteiger partial charge in [0.1, 0.15) is 5.60 Å². The zero-order valence-electron chi connectivity index (χ0n) is 14.9. The maximum atomic E-state index is 12.7. The van der Waals surface area contributed by atoms with E-state index in [1.165, 1.54) is 0 Å². The number of carbonyl (C=O) groups is 2. The molecule has 1 saturated heterocycles. The molecule has 1 fully saturated rings. The third kappa shape index (κ3) is 3.96. The number of ether oxygens (including phenoxy) is 1. The molecular formula is C19H27NO4. The van der Waals surface area contributed by atoms with Gasteiger partial charge in [-0.15, -0.1) is 0 Å². The number of nitrogens with zero attached hydrogens (tertiary/aromatic N) is 1. The normalized spacial score (nSPS) is 22.5. The summed E-state index contributed by atoms with van der Waals surface area (Å²) in [6.45, 7) is 7.49. The summed E-state index contributed by atoms with van der Waals surface area (Å²) >= 11 is 0. The van der Waals surface area contributed by atoms with Crippen LogP contribution in [0.25, 0.3) is 0 Å². The van der Waals surface area contributed by atoms with Crippen LogP contribution < -0.4 is 0 Å². The molecule has 2 rings (SSSR count). The van der Waals surface area contributed by atoms with Gasteiger partial charge in [-0.2, -0.15) is 0 Å². The summed E-state index contributed by atoms with van der Waals surface area (Å²) in [5.74, 6) is -0.481. The number of hydrogen-bond donors (Lipinski definition) is 1. The smallest absolute Gasteiger partial charge is 0.315 e. The highest BCUT2D eigenvalue weighted by Crippen LogP contribution is 2.40. The number of likely N-dealkylation sites (tertiary alicyclic amines) is 1. The van der Waals surface area contributed by atoms with E-state index in [-0.39, 0.29) is 37.9 Å². The van der Waals surface area contributed by atoms with Crippen molar-refractivity contribution in [1.29, 1.82) is 0 Å². The summed E-state index contributed by atoms with van der Waals surface area (Å²) in [5, 5.41) is 9.43. The summed E-state index contributed by atoms with van der Waals surface area (Å²) in [5.41, 5.74) is -0.571. The Kier molecular flexibility index (Phi) is 5.33. The lowest BCUT2D eigenvalue weighted by Gasteiger charge is -2.32. The van der Waals surface area contributed by atoms with Crippen molar-refractivity contribution in [3.8, 4) is 0 Å². The summed E-state index contributed by atoms with van der Waals surface area (Å²) < 4.78 is 5.53. The molecule has 0 bridgehead atoms. The van der Waals surface area contributed by atoms with Crippen molar-refractivity contribution in [2.45, 2.75) is 52.2 Å². The summed E-state index contributed by atoms with van der Waals surface area (Å²) in [6.07, 6.45) is 0.311. The van der Waals surface area contributed by atoms with Crippen molar-refractivity contribution < 1.29 is 19.4 Å². The van der Waals surface area contributed by atoms with Crippen molar-refractivity contribution in [3.05, 3.63) is 35.9 Å². The van der Waals surface area contributed by atoms with Crippen LogP contribution in [0.5, 0.6) is 0 Å². The Balaban J connectivity index is 2.24. The van der Waals surface area contributed by atoms with Gasteiger partial charge in [0.15, 0.2) is 0 Å². The minimum absolute atomic E-state index is 0.0781. The van der Waals surface area contributed by atoms with Gasteiger partial charge < -0.3 is 14.7 Å².